The van der Waals surface area contributed by atoms with Gasteiger partial charge in [-0.3, -0.25) is 0 Å². The molecule has 19 heavy (non-hydrogen) atoms. The molecule has 0 saturated carbocycles. The molecule has 1 N–H and O–H groups in total. The molecule has 1 saturated heterocycles. The zero-order valence-electron chi connectivity index (χ0n) is 12.4. The van der Waals surface area contributed by atoms with Crippen LogP contribution in [0.5, 0.6) is 0 Å². The summed E-state index contributed by atoms with van der Waals surface area (Å²) in [6.07, 6.45) is 2.18. The largest absolute Gasteiger partial charge is 0.375 e. The summed E-state index contributed by atoms with van der Waals surface area (Å²) >= 11 is 0. The summed E-state index contributed by atoms with van der Waals surface area (Å²) < 4.78 is 5.68. The molecule has 4 nitrogen and oxygen atoms in total. The summed E-state index contributed by atoms with van der Waals surface area (Å²) in [5, 5.41) is 3.44. The molecule has 1 aliphatic rings. The maximum Gasteiger partial charge on any atom is 0.129 e. The van der Waals surface area contributed by atoms with Crippen molar-refractivity contribution in [3.8, 4) is 0 Å². The van der Waals surface area contributed by atoms with E-state index in [-0.39, 0.29) is 6.10 Å². The number of rotatable bonds is 4. The molecular formula is C15H25N3O. The Morgan fingerprint density at radius 1 is 1.53 bits per heavy atom. The minimum absolute atomic E-state index is 0.271. The van der Waals surface area contributed by atoms with Gasteiger partial charge < -0.3 is 15.0 Å². The van der Waals surface area contributed by atoms with Crippen LogP contribution in [0.25, 0.3) is 0 Å². The van der Waals surface area contributed by atoms with E-state index in [0.29, 0.717) is 12.1 Å². The molecule has 1 aromatic heterocycles. The van der Waals surface area contributed by atoms with Crippen LogP contribution in [-0.2, 0) is 4.74 Å². The third-order valence-electron chi connectivity index (χ3n) is 3.68. The maximum atomic E-state index is 5.68. The van der Waals surface area contributed by atoms with Crippen molar-refractivity contribution >= 4 is 5.82 Å². The van der Waals surface area contributed by atoms with E-state index in [1.54, 1.807) is 0 Å². The Bertz CT molecular complexity index is 410. The Labute approximate surface area is 116 Å². The summed E-state index contributed by atoms with van der Waals surface area (Å²) in [6.45, 7) is 11.3. The predicted molar refractivity (Wildman–Crippen MR) is 78.6 cm³/mol. The zero-order valence-corrected chi connectivity index (χ0v) is 12.4. The standard InChI is InChI=1S/C15H25N3O/c1-5-16-13(4)14-6-7-17-15(8-14)18-9-12(3)19-10-11(18)2/h6-8,11-13,16H,5,9-10H2,1-4H3. The van der Waals surface area contributed by atoms with Crippen molar-refractivity contribution in [1.82, 2.24) is 10.3 Å². The fourth-order valence-corrected chi connectivity index (χ4v) is 2.51. The molecule has 0 amide bonds. The lowest BCUT2D eigenvalue weighted by molar-refractivity contribution is 0.0340. The molecule has 3 atom stereocenters. The summed E-state index contributed by atoms with van der Waals surface area (Å²) in [5.74, 6) is 1.06. The van der Waals surface area contributed by atoms with E-state index in [1.807, 2.05) is 6.20 Å². The van der Waals surface area contributed by atoms with E-state index in [4.69, 9.17) is 4.74 Å². The highest BCUT2D eigenvalue weighted by molar-refractivity contribution is 5.43. The van der Waals surface area contributed by atoms with Gasteiger partial charge in [-0.1, -0.05) is 6.92 Å². The second-order valence-electron chi connectivity index (χ2n) is 5.37. The van der Waals surface area contributed by atoms with Gasteiger partial charge in [0, 0.05) is 18.8 Å². The van der Waals surface area contributed by atoms with Crippen LogP contribution in [0, 0.1) is 0 Å². The molecule has 0 bridgehead atoms. The van der Waals surface area contributed by atoms with E-state index in [1.165, 1.54) is 5.56 Å². The third-order valence-corrected chi connectivity index (χ3v) is 3.68. The van der Waals surface area contributed by atoms with Gasteiger partial charge in [0.2, 0.25) is 0 Å². The number of ether oxygens (including phenoxy) is 1. The molecular weight excluding hydrogens is 238 g/mol. The molecule has 3 unspecified atom stereocenters. The molecule has 0 radical (unpaired) electrons. The number of aromatic nitrogens is 1. The Balaban J connectivity index is 2.17. The lowest BCUT2D eigenvalue weighted by Crippen LogP contribution is -2.47. The van der Waals surface area contributed by atoms with E-state index in [9.17, 15) is 0 Å². The highest BCUT2D eigenvalue weighted by atomic mass is 16.5. The molecule has 1 aromatic rings. The van der Waals surface area contributed by atoms with Gasteiger partial charge >= 0.3 is 0 Å². The fourth-order valence-electron chi connectivity index (χ4n) is 2.51. The first-order chi connectivity index (χ1) is 9.11. The van der Waals surface area contributed by atoms with E-state index >= 15 is 0 Å². The number of morpholine rings is 1. The van der Waals surface area contributed by atoms with Gasteiger partial charge in [0.15, 0.2) is 0 Å². The molecule has 0 spiro atoms. The smallest absolute Gasteiger partial charge is 0.129 e. The topological polar surface area (TPSA) is 37.4 Å². The predicted octanol–water partition coefficient (Wildman–Crippen LogP) is 2.37. The van der Waals surface area contributed by atoms with Crippen LogP contribution in [-0.4, -0.2) is 36.8 Å². The maximum absolute atomic E-state index is 5.68. The van der Waals surface area contributed by atoms with Crippen LogP contribution in [0.1, 0.15) is 39.3 Å². The monoisotopic (exact) mass is 263 g/mol. The normalized spacial score (nSPS) is 25.4. The number of hydrogen-bond donors (Lipinski definition) is 1. The Hall–Kier alpha value is -1.13. The van der Waals surface area contributed by atoms with Crippen molar-refractivity contribution in [2.75, 3.05) is 24.6 Å². The highest BCUT2D eigenvalue weighted by Crippen LogP contribution is 2.22. The first kappa shape index (κ1) is 14.3. The van der Waals surface area contributed by atoms with Crippen molar-refractivity contribution in [2.45, 2.75) is 45.9 Å². The minimum Gasteiger partial charge on any atom is -0.375 e. The van der Waals surface area contributed by atoms with Gasteiger partial charge in [-0.2, -0.15) is 0 Å². The van der Waals surface area contributed by atoms with Crippen molar-refractivity contribution in [1.29, 1.82) is 0 Å². The molecule has 1 fully saturated rings. The molecule has 2 heterocycles. The average molecular weight is 263 g/mol. The average Bonchev–Trinajstić information content (AvgIpc) is 2.42. The first-order valence-electron chi connectivity index (χ1n) is 7.19. The van der Waals surface area contributed by atoms with Crippen LogP contribution >= 0.6 is 0 Å². The van der Waals surface area contributed by atoms with Gasteiger partial charge in [0.05, 0.1) is 18.8 Å². The van der Waals surface area contributed by atoms with Crippen molar-refractivity contribution in [3.63, 3.8) is 0 Å². The van der Waals surface area contributed by atoms with Gasteiger partial charge in [-0.15, -0.1) is 0 Å². The molecule has 1 aliphatic heterocycles. The minimum atomic E-state index is 0.271. The van der Waals surface area contributed by atoms with Gasteiger partial charge in [0.1, 0.15) is 5.82 Å². The Morgan fingerprint density at radius 3 is 3.05 bits per heavy atom. The molecule has 2 rings (SSSR count). The van der Waals surface area contributed by atoms with Crippen molar-refractivity contribution < 1.29 is 4.74 Å². The second-order valence-corrected chi connectivity index (χ2v) is 5.37. The quantitative estimate of drug-likeness (QED) is 0.905. The number of anilines is 1. The Kier molecular flexibility index (Phi) is 4.77. The SMILES string of the molecule is CCNC(C)c1ccnc(N2CC(C)OCC2C)c1. The lowest BCUT2D eigenvalue weighted by Gasteiger charge is -2.37. The number of hydrogen-bond acceptors (Lipinski definition) is 4. The summed E-state index contributed by atoms with van der Waals surface area (Å²) in [6, 6.07) is 5.03. The molecule has 0 aromatic carbocycles. The summed E-state index contributed by atoms with van der Waals surface area (Å²) in [7, 11) is 0. The van der Waals surface area contributed by atoms with E-state index < -0.39 is 0 Å². The van der Waals surface area contributed by atoms with E-state index in [2.05, 4.69) is 55.0 Å². The van der Waals surface area contributed by atoms with Crippen LogP contribution in [0.4, 0.5) is 5.82 Å². The Morgan fingerprint density at radius 2 is 2.32 bits per heavy atom. The zero-order chi connectivity index (χ0) is 13.8. The van der Waals surface area contributed by atoms with Crippen LogP contribution in [0.3, 0.4) is 0 Å². The van der Waals surface area contributed by atoms with Gasteiger partial charge in [0.25, 0.3) is 0 Å². The third kappa shape index (κ3) is 3.45. The van der Waals surface area contributed by atoms with Crippen LogP contribution in [0.2, 0.25) is 0 Å². The van der Waals surface area contributed by atoms with Crippen molar-refractivity contribution in [2.24, 2.45) is 0 Å². The molecule has 4 heteroatoms. The first-order valence-corrected chi connectivity index (χ1v) is 7.19. The molecule has 0 aliphatic carbocycles. The van der Waals surface area contributed by atoms with Gasteiger partial charge in [-0.25, -0.2) is 4.98 Å². The highest BCUT2D eigenvalue weighted by Gasteiger charge is 2.24. The number of pyridine rings is 1. The molecule has 106 valence electrons. The second kappa shape index (κ2) is 6.35. The van der Waals surface area contributed by atoms with E-state index in [0.717, 1.165) is 25.5 Å². The van der Waals surface area contributed by atoms with Crippen molar-refractivity contribution in [3.05, 3.63) is 23.9 Å². The van der Waals surface area contributed by atoms with Crippen LogP contribution in [0.15, 0.2) is 18.3 Å². The number of nitrogens with zero attached hydrogens (tertiary/aromatic N) is 2. The summed E-state index contributed by atoms with van der Waals surface area (Å²) in [5.41, 5.74) is 1.29. The van der Waals surface area contributed by atoms with Gasteiger partial charge in [-0.05, 0) is 45.0 Å². The summed E-state index contributed by atoms with van der Waals surface area (Å²) in [4.78, 5) is 6.88. The van der Waals surface area contributed by atoms with Crippen LogP contribution < -0.4 is 10.2 Å². The number of nitrogens with one attached hydrogen (secondary N) is 1. The lowest BCUT2D eigenvalue weighted by atomic mass is 10.1. The fraction of sp³-hybridized carbons (Fsp3) is 0.667.